The van der Waals surface area contributed by atoms with E-state index in [2.05, 4.69) is 64.2 Å². The highest BCUT2D eigenvalue weighted by Crippen LogP contribution is 2.37. The lowest BCUT2D eigenvalue weighted by molar-refractivity contribution is -0.0500. The first-order chi connectivity index (χ1) is 31.9. The Morgan fingerprint density at radius 1 is 0.662 bits per heavy atom. The van der Waals surface area contributed by atoms with Crippen LogP contribution in [0.4, 0.5) is 22.8 Å². The van der Waals surface area contributed by atoms with Gasteiger partial charge >= 0.3 is 34.9 Å². The van der Waals surface area contributed by atoms with E-state index < -0.39 is 57.0 Å². The summed E-state index contributed by atoms with van der Waals surface area (Å²) in [6, 6.07) is 13.4. The molecule has 71 heavy (non-hydrogen) atoms. The number of amides is 2. The molecule has 1 aliphatic heterocycles. The molecule has 0 aliphatic carbocycles. The number of ether oxygens (including phenoxy) is 2. The molecule has 5 heterocycles. The fourth-order valence-corrected chi connectivity index (χ4v) is 7.02. The SMILES string of the molecule is C.C.CN(CCn1cc(-c2cnc3ccc(B4OC(C)(C)C(C)(C)O4)cc3c2)cn1)C(=O)OC(C)(C)C.CN(CCn1cc(-c2cnc3ccc(OS(=O)(=O)C(F)(F)F)cc3c2)cn1)C(=O)OC(C)(C)C. The fourth-order valence-electron chi connectivity index (χ4n) is 6.56. The summed E-state index contributed by atoms with van der Waals surface area (Å²) in [6.45, 7) is 20.9. The van der Waals surface area contributed by atoms with Crippen LogP contribution in [0.5, 0.6) is 5.75 Å². The molecule has 6 aromatic rings. The van der Waals surface area contributed by atoms with Gasteiger partial charge in [0.2, 0.25) is 0 Å². The number of hydrogen-bond acceptors (Lipinski definition) is 13. The standard InChI is InChI=1S/C26H35BN4O4.C21H23F3N4O5S.2CH4/c1-24(2,3)33-23(32)30(8)11-12-31-17-20(16-29-31)19-13-18-14-21(9-10-22(18)28-15-19)27-34-25(4,5)26(6,7)35-27;1-20(2,3)32-19(29)27(4)7-8-28-13-16(12-26-28)15-9-14-10-17(5-6-18(14)25-11-15)33-34(30,31)21(22,23)24;;/h9-10,13-17H,11-12H2,1-8H3;5-6,9-13H,7-8H2,1-4H3;2*1H4. The van der Waals surface area contributed by atoms with Gasteiger partial charge in [-0.3, -0.25) is 19.3 Å². The van der Waals surface area contributed by atoms with Crippen molar-refractivity contribution < 1.29 is 54.1 Å². The average molecular weight is 1010 g/mol. The number of fused-ring (bicyclic) bond motifs is 2. The Labute approximate surface area is 414 Å². The van der Waals surface area contributed by atoms with E-state index in [0.717, 1.165) is 39.6 Å². The van der Waals surface area contributed by atoms with Crippen LogP contribution in [0.15, 0.2) is 85.7 Å². The van der Waals surface area contributed by atoms with Crippen LogP contribution >= 0.6 is 0 Å². The lowest BCUT2D eigenvalue weighted by Gasteiger charge is -2.32. The first-order valence-electron chi connectivity index (χ1n) is 22.0. The summed E-state index contributed by atoms with van der Waals surface area (Å²) in [5.74, 6) is -0.482. The summed E-state index contributed by atoms with van der Waals surface area (Å²) < 4.78 is 91.0. The minimum atomic E-state index is -5.78. The lowest BCUT2D eigenvalue weighted by atomic mass is 9.78. The summed E-state index contributed by atoms with van der Waals surface area (Å²) in [4.78, 5) is 36.1. The highest BCUT2D eigenvalue weighted by molar-refractivity contribution is 7.88. The first kappa shape index (κ1) is 57.3. The van der Waals surface area contributed by atoms with Gasteiger partial charge in [0.1, 0.15) is 17.0 Å². The van der Waals surface area contributed by atoms with E-state index in [-0.39, 0.29) is 20.9 Å². The molecule has 1 aliphatic rings. The second-order valence-electron chi connectivity index (χ2n) is 19.6. The minimum Gasteiger partial charge on any atom is -0.444 e. The van der Waals surface area contributed by atoms with E-state index in [9.17, 15) is 31.2 Å². The van der Waals surface area contributed by atoms with Gasteiger partial charge in [0.15, 0.2) is 0 Å². The maximum absolute atomic E-state index is 12.6. The number of benzene rings is 2. The number of aromatic nitrogens is 6. The number of nitrogens with zero attached hydrogens (tertiary/aromatic N) is 8. The molecule has 2 amide bonds. The van der Waals surface area contributed by atoms with Crippen LogP contribution in [-0.2, 0) is 42.0 Å². The number of alkyl halides is 3. The molecule has 17 nitrogen and oxygen atoms in total. The fraction of sp³-hybridized carbons (Fsp3) is 0.469. The van der Waals surface area contributed by atoms with Crippen LogP contribution in [0.25, 0.3) is 44.1 Å². The molecule has 0 N–H and O–H groups in total. The van der Waals surface area contributed by atoms with Crippen molar-refractivity contribution >= 4 is 56.7 Å². The molecule has 0 radical (unpaired) electrons. The molecule has 2 aromatic carbocycles. The van der Waals surface area contributed by atoms with Gasteiger partial charge in [-0.05, 0) is 111 Å². The number of hydrogen-bond donors (Lipinski definition) is 0. The molecule has 4 aromatic heterocycles. The monoisotopic (exact) mass is 1010 g/mol. The topological polar surface area (TPSA) is 182 Å². The van der Waals surface area contributed by atoms with Crippen LogP contribution < -0.4 is 9.65 Å². The number of carbonyl (C=O) groups excluding carboxylic acids is 2. The molecule has 0 saturated carbocycles. The van der Waals surface area contributed by atoms with Crippen LogP contribution in [0.1, 0.15) is 84.1 Å². The van der Waals surface area contributed by atoms with Gasteiger partial charge in [-0.2, -0.15) is 31.8 Å². The zero-order chi connectivity index (χ0) is 50.9. The van der Waals surface area contributed by atoms with Crippen molar-refractivity contribution in [2.75, 3.05) is 27.2 Å². The third-order valence-electron chi connectivity index (χ3n) is 11.0. The van der Waals surface area contributed by atoms with E-state index in [1.807, 2.05) is 56.2 Å². The van der Waals surface area contributed by atoms with Gasteiger partial charge in [0.05, 0.1) is 47.7 Å². The summed E-state index contributed by atoms with van der Waals surface area (Å²) in [6.07, 6.45) is 9.68. The Bertz CT molecular complexity index is 2910. The van der Waals surface area contributed by atoms with E-state index in [1.165, 1.54) is 11.0 Å². The highest BCUT2D eigenvalue weighted by atomic mass is 32.2. The molecular weight excluding hydrogens is 944 g/mol. The van der Waals surface area contributed by atoms with Crippen molar-refractivity contribution in [3.05, 3.63) is 85.7 Å². The smallest absolute Gasteiger partial charge is 0.444 e. The van der Waals surface area contributed by atoms with Gasteiger partial charge in [-0.25, -0.2) is 9.59 Å². The molecule has 0 atom stereocenters. The van der Waals surface area contributed by atoms with E-state index in [1.54, 1.807) is 69.1 Å². The van der Waals surface area contributed by atoms with Crippen molar-refractivity contribution in [3.8, 4) is 28.0 Å². The van der Waals surface area contributed by atoms with Crippen LogP contribution in [0.2, 0.25) is 0 Å². The second-order valence-corrected chi connectivity index (χ2v) is 21.2. The maximum atomic E-state index is 12.6. The largest absolute Gasteiger partial charge is 0.534 e. The highest BCUT2D eigenvalue weighted by Gasteiger charge is 2.52. The molecule has 7 rings (SSSR count). The zero-order valence-corrected chi connectivity index (χ0v) is 41.6. The molecular formula is C49H66BF3N8O9S. The first-order valence-corrected chi connectivity index (χ1v) is 23.4. The van der Waals surface area contributed by atoms with Gasteiger partial charge in [0.25, 0.3) is 0 Å². The van der Waals surface area contributed by atoms with Crippen LogP contribution in [0, 0.1) is 0 Å². The molecule has 0 bridgehead atoms. The van der Waals surface area contributed by atoms with Crippen molar-refractivity contribution in [2.24, 2.45) is 0 Å². The maximum Gasteiger partial charge on any atom is 0.534 e. The Morgan fingerprint density at radius 2 is 1.08 bits per heavy atom. The van der Waals surface area contributed by atoms with Crippen molar-refractivity contribution in [3.63, 3.8) is 0 Å². The van der Waals surface area contributed by atoms with E-state index in [0.29, 0.717) is 48.2 Å². The summed E-state index contributed by atoms with van der Waals surface area (Å²) in [5, 5.41) is 10.1. The number of halogens is 3. The van der Waals surface area contributed by atoms with Gasteiger partial charge < -0.3 is 32.8 Å². The number of pyridine rings is 2. The minimum absolute atomic E-state index is 0. The van der Waals surface area contributed by atoms with Gasteiger partial charge in [-0.1, -0.05) is 27.0 Å². The van der Waals surface area contributed by atoms with Crippen LogP contribution in [0.3, 0.4) is 0 Å². The van der Waals surface area contributed by atoms with Crippen molar-refractivity contribution in [1.29, 1.82) is 0 Å². The molecule has 22 heteroatoms. The Balaban J connectivity index is 0.000000300. The predicted octanol–water partition coefficient (Wildman–Crippen LogP) is 9.73. The van der Waals surface area contributed by atoms with Crippen molar-refractivity contribution in [1.82, 2.24) is 39.3 Å². The second kappa shape index (κ2) is 21.6. The molecule has 1 saturated heterocycles. The van der Waals surface area contributed by atoms with E-state index >= 15 is 0 Å². The third-order valence-corrected chi connectivity index (χ3v) is 12.0. The quantitative estimate of drug-likeness (QED) is 0.0680. The Kier molecular flexibility index (Phi) is 17.5. The Morgan fingerprint density at radius 3 is 1.51 bits per heavy atom. The number of rotatable bonds is 11. The van der Waals surface area contributed by atoms with Crippen molar-refractivity contribution in [2.45, 2.75) is 125 Å². The average Bonchev–Trinajstić information content (AvgIpc) is 3.97. The number of carbonyl (C=O) groups is 2. The molecule has 0 unspecified atom stereocenters. The third kappa shape index (κ3) is 14.7. The van der Waals surface area contributed by atoms with E-state index in [4.69, 9.17) is 18.8 Å². The Hall–Kier alpha value is -6.26. The van der Waals surface area contributed by atoms with Crippen LogP contribution in [-0.4, -0.2) is 122 Å². The molecule has 0 spiro atoms. The van der Waals surface area contributed by atoms with Gasteiger partial charge in [0, 0.05) is 85.0 Å². The molecule has 1 fully saturated rings. The normalized spacial score (nSPS) is 14.4. The predicted molar refractivity (Wildman–Crippen MR) is 268 cm³/mol. The summed E-state index contributed by atoms with van der Waals surface area (Å²) in [7, 11) is -2.86. The lowest BCUT2D eigenvalue weighted by Crippen LogP contribution is -2.41. The summed E-state index contributed by atoms with van der Waals surface area (Å²) in [5.41, 5.74) is -1.92. The zero-order valence-electron chi connectivity index (χ0n) is 40.8. The van der Waals surface area contributed by atoms with Gasteiger partial charge in [-0.15, -0.1) is 0 Å². The molecule has 386 valence electrons. The summed E-state index contributed by atoms with van der Waals surface area (Å²) >= 11 is 0. The number of likely N-dealkylation sites (N-methyl/N-ethyl adjacent to an activating group) is 2.